The number of hydrogen-bond acceptors (Lipinski definition) is 3. The summed E-state index contributed by atoms with van der Waals surface area (Å²) in [6.45, 7) is 4.77. The first-order chi connectivity index (χ1) is 9.33. The summed E-state index contributed by atoms with van der Waals surface area (Å²) in [5.74, 6) is 0.932. The Balaban J connectivity index is 1.93. The highest BCUT2D eigenvalue weighted by molar-refractivity contribution is 5.27. The van der Waals surface area contributed by atoms with Crippen molar-refractivity contribution in [2.24, 2.45) is 0 Å². The summed E-state index contributed by atoms with van der Waals surface area (Å²) in [6.07, 6.45) is 4.42. The van der Waals surface area contributed by atoms with Gasteiger partial charge in [0.2, 0.25) is 0 Å². The number of nitriles is 1. The molecule has 102 valence electrons. The highest BCUT2D eigenvalue weighted by Gasteiger charge is 2.21. The molecule has 0 saturated carbocycles. The Morgan fingerprint density at radius 1 is 1.32 bits per heavy atom. The third-order valence-electron chi connectivity index (χ3n) is 3.54. The maximum absolute atomic E-state index is 9.17. The van der Waals surface area contributed by atoms with Crippen molar-refractivity contribution in [2.45, 2.75) is 45.2 Å². The lowest BCUT2D eigenvalue weighted by Crippen LogP contribution is -2.37. The zero-order chi connectivity index (χ0) is 13.5. The van der Waals surface area contributed by atoms with Crippen LogP contribution in [0.1, 0.15) is 38.2 Å². The molecule has 1 fully saturated rings. The molecule has 1 aliphatic rings. The first kappa shape index (κ1) is 13.9. The molecule has 0 aliphatic carbocycles. The van der Waals surface area contributed by atoms with Crippen molar-refractivity contribution < 1.29 is 4.74 Å². The molecule has 1 atom stereocenters. The number of nitrogens with zero attached hydrogens (tertiary/aromatic N) is 2. The lowest BCUT2D eigenvalue weighted by atomic mass is 10.0. The summed E-state index contributed by atoms with van der Waals surface area (Å²) in [5, 5.41) is 9.17. The van der Waals surface area contributed by atoms with Crippen molar-refractivity contribution in [3.63, 3.8) is 0 Å². The van der Waals surface area contributed by atoms with E-state index >= 15 is 0 Å². The fourth-order valence-electron chi connectivity index (χ4n) is 2.47. The molecule has 19 heavy (non-hydrogen) atoms. The van der Waals surface area contributed by atoms with Crippen molar-refractivity contribution in [3.8, 4) is 11.8 Å². The number of ether oxygens (including phenoxy) is 1. The largest absolute Gasteiger partial charge is 0.494 e. The van der Waals surface area contributed by atoms with E-state index in [1.165, 1.54) is 18.4 Å². The van der Waals surface area contributed by atoms with Crippen molar-refractivity contribution >= 4 is 0 Å². The van der Waals surface area contributed by atoms with Crippen LogP contribution in [0, 0.1) is 11.3 Å². The maximum Gasteiger partial charge on any atom is 0.119 e. The molecule has 1 aliphatic heterocycles. The van der Waals surface area contributed by atoms with Gasteiger partial charge in [0.05, 0.1) is 18.7 Å². The average molecular weight is 258 g/mol. The minimum atomic E-state index is 0.0877. The van der Waals surface area contributed by atoms with E-state index < -0.39 is 0 Å². The molecular formula is C16H22N2O. The molecule has 0 spiro atoms. The molecule has 2 rings (SSSR count). The smallest absolute Gasteiger partial charge is 0.119 e. The van der Waals surface area contributed by atoms with Crippen LogP contribution in [-0.4, -0.2) is 24.1 Å². The molecule has 1 unspecified atom stereocenters. The van der Waals surface area contributed by atoms with Crippen molar-refractivity contribution in [2.75, 3.05) is 13.2 Å². The summed E-state index contributed by atoms with van der Waals surface area (Å²) in [6, 6.07) is 10.8. The van der Waals surface area contributed by atoms with Crippen LogP contribution >= 0.6 is 0 Å². The zero-order valence-electron chi connectivity index (χ0n) is 11.6. The number of benzene rings is 1. The summed E-state index contributed by atoms with van der Waals surface area (Å²) in [5.41, 5.74) is 1.26. The van der Waals surface area contributed by atoms with Crippen LogP contribution in [-0.2, 0) is 6.54 Å². The van der Waals surface area contributed by atoms with E-state index in [-0.39, 0.29) is 6.04 Å². The quantitative estimate of drug-likeness (QED) is 0.812. The van der Waals surface area contributed by atoms with E-state index in [4.69, 9.17) is 10.00 Å². The van der Waals surface area contributed by atoms with Crippen LogP contribution in [0.3, 0.4) is 0 Å². The molecule has 0 radical (unpaired) electrons. The summed E-state index contributed by atoms with van der Waals surface area (Å²) in [4.78, 5) is 2.28. The van der Waals surface area contributed by atoms with Gasteiger partial charge < -0.3 is 4.74 Å². The van der Waals surface area contributed by atoms with Crippen LogP contribution in [0.25, 0.3) is 0 Å². The molecule has 0 amide bonds. The van der Waals surface area contributed by atoms with Crippen molar-refractivity contribution in [3.05, 3.63) is 29.8 Å². The van der Waals surface area contributed by atoms with Crippen LogP contribution in [0.5, 0.6) is 5.75 Å². The number of piperidine rings is 1. The Morgan fingerprint density at radius 3 is 2.79 bits per heavy atom. The monoisotopic (exact) mass is 258 g/mol. The van der Waals surface area contributed by atoms with E-state index in [0.29, 0.717) is 0 Å². The van der Waals surface area contributed by atoms with Gasteiger partial charge in [0.25, 0.3) is 0 Å². The molecule has 0 aromatic heterocycles. The molecule has 1 heterocycles. The molecular weight excluding hydrogens is 236 g/mol. The van der Waals surface area contributed by atoms with Gasteiger partial charge >= 0.3 is 0 Å². The average Bonchev–Trinajstić information content (AvgIpc) is 2.47. The summed E-state index contributed by atoms with van der Waals surface area (Å²) >= 11 is 0. The van der Waals surface area contributed by atoms with Gasteiger partial charge in [0, 0.05) is 6.54 Å². The molecule has 1 aromatic carbocycles. The van der Waals surface area contributed by atoms with E-state index in [2.05, 4.69) is 30.0 Å². The SMILES string of the molecule is CCCOc1ccc(CN2CCCCC2C#N)cc1. The number of hydrogen-bond donors (Lipinski definition) is 0. The maximum atomic E-state index is 9.17. The standard InChI is InChI=1S/C16H22N2O/c1-2-11-19-16-8-6-14(7-9-16)13-18-10-4-3-5-15(18)12-17/h6-9,15H,2-5,10-11,13H2,1H3. The minimum absolute atomic E-state index is 0.0877. The highest BCUT2D eigenvalue weighted by Crippen LogP contribution is 2.20. The molecule has 3 heteroatoms. The second-order valence-corrected chi connectivity index (χ2v) is 5.10. The summed E-state index contributed by atoms with van der Waals surface area (Å²) < 4.78 is 5.58. The van der Waals surface area contributed by atoms with Gasteiger partial charge in [-0.15, -0.1) is 0 Å². The fourth-order valence-corrected chi connectivity index (χ4v) is 2.47. The third-order valence-corrected chi connectivity index (χ3v) is 3.54. The van der Waals surface area contributed by atoms with Crippen molar-refractivity contribution in [1.82, 2.24) is 4.90 Å². The Bertz CT molecular complexity index is 421. The molecule has 3 nitrogen and oxygen atoms in total. The van der Waals surface area contributed by atoms with Gasteiger partial charge in [-0.2, -0.15) is 5.26 Å². The van der Waals surface area contributed by atoms with E-state index in [1.807, 2.05) is 12.1 Å². The second-order valence-electron chi connectivity index (χ2n) is 5.10. The second kappa shape index (κ2) is 7.16. The van der Waals surface area contributed by atoms with Gasteiger partial charge in [-0.1, -0.05) is 19.1 Å². The highest BCUT2D eigenvalue weighted by atomic mass is 16.5. The molecule has 0 bridgehead atoms. The Kier molecular flexibility index (Phi) is 5.23. The molecule has 0 N–H and O–H groups in total. The van der Waals surface area contributed by atoms with E-state index in [9.17, 15) is 0 Å². The molecule has 1 aromatic rings. The topological polar surface area (TPSA) is 36.3 Å². The van der Waals surface area contributed by atoms with Gasteiger partial charge in [0.1, 0.15) is 5.75 Å². The lowest BCUT2D eigenvalue weighted by Gasteiger charge is -2.31. The summed E-state index contributed by atoms with van der Waals surface area (Å²) in [7, 11) is 0. The predicted molar refractivity (Wildman–Crippen MR) is 75.9 cm³/mol. The van der Waals surface area contributed by atoms with Crippen LogP contribution in [0.15, 0.2) is 24.3 Å². The van der Waals surface area contributed by atoms with Crippen molar-refractivity contribution in [1.29, 1.82) is 5.26 Å². The Morgan fingerprint density at radius 2 is 2.11 bits per heavy atom. The fraction of sp³-hybridized carbons (Fsp3) is 0.562. The van der Waals surface area contributed by atoms with Gasteiger partial charge in [-0.3, -0.25) is 4.90 Å². The Labute approximate surface area is 115 Å². The van der Waals surface area contributed by atoms with Crippen LogP contribution in [0.2, 0.25) is 0 Å². The Hall–Kier alpha value is -1.53. The van der Waals surface area contributed by atoms with Crippen LogP contribution in [0.4, 0.5) is 0 Å². The number of rotatable bonds is 5. The number of likely N-dealkylation sites (tertiary alicyclic amines) is 1. The molecule has 1 saturated heterocycles. The lowest BCUT2D eigenvalue weighted by molar-refractivity contribution is 0.176. The first-order valence-electron chi connectivity index (χ1n) is 7.19. The normalized spacial score (nSPS) is 19.9. The minimum Gasteiger partial charge on any atom is -0.494 e. The zero-order valence-corrected chi connectivity index (χ0v) is 11.6. The van der Waals surface area contributed by atoms with Gasteiger partial charge in [-0.05, 0) is 49.9 Å². The van der Waals surface area contributed by atoms with Gasteiger partial charge in [0.15, 0.2) is 0 Å². The predicted octanol–water partition coefficient (Wildman–Crippen LogP) is 3.35. The third kappa shape index (κ3) is 3.97. The van der Waals surface area contributed by atoms with Gasteiger partial charge in [-0.25, -0.2) is 0 Å². The first-order valence-corrected chi connectivity index (χ1v) is 7.19. The van der Waals surface area contributed by atoms with E-state index in [0.717, 1.165) is 38.3 Å². The van der Waals surface area contributed by atoms with E-state index in [1.54, 1.807) is 0 Å². The van der Waals surface area contributed by atoms with Crippen LogP contribution < -0.4 is 4.74 Å².